The first-order valence-electron chi connectivity index (χ1n) is 15.6. The summed E-state index contributed by atoms with van der Waals surface area (Å²) in [5, 5.41) is 4.14. The number of nitrogens with zero attached hydrogens (tertiary/aromatic N) is 5. The SMILES string of the molecule is Cc1cc(Nc2ncc3c(C#C[Si](C(C)C)(C(C)C)C(C)C)cc(=O)n(-c4ccccc4)c3n2)ccc1N(C)CCN(C)C. The highest BCUT2D eigenvalue weighted by Crippen LogP contribution is 2.41. The zero-order valence-electron chi connectivity index (χ0n) is 28.1. The van der Waals surface area contributed by atoms with Crippen LogP contribution in [0.3, 0.4) is 0 Å². The van der Waals surface area contributed by atoms with Crippen molar-refractivity contribution < 1.29 is 0 Å². The van der Waals surface area contributed by atoms with Gasteiger partial charge >= 0.3 is 0 Å². The maximum atomic E-state index is 13.7. The van der Waals surface area contributed by atoms with Crippen LogP contribution in [0.5, 0.6) is 0 Å². The van der Waals surface area contributed by atoms with Gasteiger partial charge in [0.2, 0.25) is 5.95 Å². The largest absolute Gasteiger partial charge is 0.373 e. The molecule has 4 rings (SSSR count). The van der Waals surface area contributed by atoms with Gasteiger partial charge in [0.1, 0.15) is 8.07 Å². The van der Waals surface area contributed by atoms with E-state index in [1.165, 1.54) is 5.69 Å². The average Bonchev–Trinajstić information content (AvgIpc) is 2.96. The lowest BCUT2D eigenvalue weighted by Gasteiger charge is -2.38. The smallest absolute Gasteiger partial charge is 0.258 e. The molecule has 0 spiro atoms. The van der Waals surface area contributed by atoms with Crippen LogP contribution in [-0.2, 0) is 0 Å². The van der Waals surface area contributed by atoms with E-state index in [4.69, 9.17) is 9.97 Å². The molecule has 2 aromatic heterocycles. The molecule has 2 heterocycles. The Kier molecular flexibility index (Phi) is 10.3. The minimum absolute atomic E-state index is 0.162. The normalized spacial score (nSPS) is 11.9. The molecule has 1 N–H and O–H groups in total. The van der Waals surface area contributed by atoms with Crippen molar-refractivity contribution in [3.8, 4) is 17.2 Å². The molecule has 0 aliphatic rings. The second-order valence-electron chi connectivity index (χ2n) is 13.0. The third kappa shape index (κ3) is 6.90. The number of aromatic nitrogens is 3. The van der Waals surface area contributed by atoms with Gasteiger partial charge in [-0.1, -0.05) is 65.7 Å². The number of para-hydroxylation sites is 1. The van der Waals surface area contributed by atoms with Crippen LogP contribution >= 0.6 is 0 Å². The molecule has 8 heteroatoms. The van der Waals surface area contributed by atoms with Gasteiger partial charge in [-0.25, -0.2) is 4.98 Å². The maximum Gasteiger partial charge on any atom is 0.258 e. The number of likely N-dealkylation sites (N-methyl/N-ethyl adjacent to an activating group) is 2. The number of hydrogen-bond donors (Lipinski definition) is 1. The van der Waals surface area contributed by atoms with E-state index in [1.54, 1.807) is 16.8 Å². The van der Waals surface area contributed by atoms with E-state index in [-0.39, 0.29) is 5.56 Å². The molecule has 0 bridgehead atoms. The van der Waals surface area contributed by atoms with Crippen LogP contribution in [0.2, 0.25) is 16.6 Å². The number of nitrogens with one attached hydrogen (secondary N) is 1. The summed E-state index contributed by atoms with van der Waals surface area (Å²) in [7, 11) is 4.27. The molecule has 232 valence electrons. The van der Waals surface area contributed by atoms with E-state index in [1.807, 2.05) is 36.4 Å². The van der Waals surface area contributed by atoms with Gasteiger partial charge in [-0.15, -0.1) is 5.54 Å². The molecule has 0 fully saturated rings. The number of hydrogen-bond acceptors (Lipinski definition) is 6. The number of rotatable bonds is 10. The van der Waals surface area contributed by atoms with E-state index < -0.39 is 8.07 Å². The highest BCUT2D eigenvalue weighted by Gasteiger charge is 2.41. The van der Waals surface area contributed by atoms with Gasteiger partial charge in [0.05, 0.1) is 11.1 Å². The molecule has 0 atom stereocenters. The van der Waals surface area contributed by atoms with Crippen LogP contribution in [0, 0.1) is 18.4 Å². The fraction of sp³-hybridized carbons (Fsp3) is 0.417. The summed E-state index contributed by atoms with van der Waals surface area (Å²) < 4.78 is 1.65. The molecule has 0 saturated carbocycles. The second-order valence-corrected chi connectivity index (χ2v) is 18.6. The predicted octanol–water partition coefficient (Wildman–Crippen LogP) is 7.40. The first-order valence-corrected chi connectivity index (χ1v) is 17.8. The van der Waals surface area contributed by atoms with Crippen LogP contribution in [-0.4, -0.2) is 61.7 Å². The summed E-state index contributed by atoms with van der Waals surface area (Å²) in [5.74, 6) is 3.92. The van der Waals surface area contributed by atoms with Gasteiger partial charge < -0.3 is 15.1 Å². The zero-order valence-corrected chi connectivity index (χ0v) is 29.1. The van der Waals surface area contributed by atoms with Crippen molar-refractivity contribution in [3.63, 3.8) is 0 Å². The number of benzene rings is 2. The first kappa shape index (κ1) is 33.0. The lowest BCUT2D eigenvalue weighted by molar-refractivity contribution is 0.416. The van der Waals surface area contributed by atoms with Gasteiger partial charge in [0.15, 0.2) is 5.65 Å². The molecule has 0 aliphatic heterocycles. The van der Waals surface area contributed by atoms with Crippen molar-refractivity contribution in [3.05, 3.63) is 82.3 Å². The third-order valence-electron chi connectivity index (χ3n) is 8.80. The molecule has 7 nitrogen and oxygen atoms in total. The molecule has 44 heavy (non-hydrogen) atoms. The van der Waals surface area contributed by atoms with Crippen molar-refractivity contribution in [2.75, 3.05) is 44.4 Å². The quantitative estimate of drug-likeness (QED) is 0.150. The minimum atomic E-state index is -2.01. The van der Waals surface area contributed by atoms with E-state index in [0.717, 1.165) is 35.4 Å². The highest BCUT2D eigenvalue weighted by molar-refractivity contribution is 6.90. The number of fused-ring (bicyclic) bond motifs is 1. The lowest BCUT2D eigenvalue weighted by atomic mass is 10.1. The molecule has 0 saturated heterocycles. The van der Waals surface area contributed by atoms with Gasteiger partial charge in [-0.05, 0) is 73.5 Å². The Balaban J connectivity index is 1.82. The number of anilines is 3. The molecule has 2 aromatic carbocycles. The molecular weight excluding hydrogens is 561 g/mol. The van der Waals surface area contributed by atoms with Crippen molar-refractivity contribution in [2.24, 2.45) is 0 Å². The number of pyridine rings is 1. The fourth-order valence-corrected chi connectivity index (χ4v) is 11.7. The topological polar surface area (TPSA) is 66.3 Å². The predicted molar refractivity (Wildman–Crippen MR) is 189 cm³/mol. The van der Waals surface area contributed by atoms with Crippen LogP contribution in [0.1, 0.15) is 52.7 Å². The monoisotopic (exact) mass is 608 g/mol. The third-order valence-corrected chi connectivity index (χ3v) is 15.1. The Hall–Kier alpha value is -3.93. The summed E-state index contributed by atoms with van der Waals surface area (Å²) in [6.45, 7) is 17.8. The molecular formula is C36H48N6OSi. The average molecular weight is 609 g/mol. The Morgan fingerprint density at radius 3 is 2.16 bits per heavy atom. The Labute approximate surface area is 264 Å². The summed E-state index contributed by atoms with van der Waals surface area (Å²) in [5.41, 5.74) is 10.3. The highest BCUT2D eigenvalue weighted by atomic mass is 28.3. The number of aryl methyl sites for hydroxylation is 1. The van der Waals surface area contributed by atoms with E-state index in [2.05, 4.69) is 108 Å². The van der Waals surface area contributed by atoms with Crippen molar-refractivity contribution in [2.45, 2.75) is 65.1 Å². The first-order chi connectivity index (χ1) is 20.8. The van der Waals surface area contributed by atoms with E-state index >= 15 is 0 Å². The summed E-state index contributed by atoms with van der Waals surface area (Å²) in [6, 6.07) is 17.6. The molecule has 0 aliphatic carbocycles. The molecule has 0 radical (unpaired) electrons. The van der Waals surface area contributed by atoms with Gasteiger partial charge in [-0.2, -0.15) is 4.98 Å². The van der Waals surface area contributed by atoms with Crippen LogP contribution < -0.4 is 15.8 Å². The molecule has 0 amide bonds. The minimum Gasteiger partial charge on any atom is -0.373 e. The van der Waals surface area contributed by atoms with Gasteiger partial charge in [-0.3, -0.25) is 9.36 Å². The summed E-state index contributed by atoms with van der Waals surface area (Å²) in [4.78, 5) is 27.8. The van der Waals surface area contributed by atoms with Crippen LogP contribution in [0.25, 0.3) is 16.7 Å². The zero-order chi connectivity index (χ0) is 32.2. The Morgan fingerprint density at radius 2 is 1.57 bits per heavy atom. The van der Waals surface area contributed by atoms with E-state index in [9.17, 15) is 4.79 Å². The van der Waals surface area contributed by atoms with Gasteiger partial charge in [0.25, 0.3) is 5.56 Å². The summed E-state index contributed by atoms with van der Waals surface area (Å²) >= 11 is 0. The van der Waals surface area contributed by atoms with Crippen molar-refractivity contribution >= 4 is 36.4 Å². The van der Waals surface area contributed by atoms with Crippen molar-refractivity contribution in [1.82, 2.24) is 19.4 Å². The lowest BCUT2D eigenvalue weighted by Crippen LogP contribution is -2.43. The Bertz CT molecular complexity index is 1690. The maximum absolute atomic E-state index is 13.7. The second kappa shape index (κ2) is 13.8. The van der Waals surface area contributed by atoms with Crippen LogP contribution in [0.4, 0.5) is 17.3 Å². The molecule has 4 aromatic rings. The molecule has 0 unspecified atom stereocenters. The fourth-order valence-electron chi connectivity index (χ4n) is 6.46. The Morgan fingerprint density at radius 1 is 0.909 bits per heavy atom. The summed E-state index contributed by atoms with van der Waals surface area (Å²) in [6.07, 6.45) is 1.80. The van der Waals surface area contributed by atoms with Crippen LogP contribution in [0.15, 0.2) is 65.6 Å². The standard InChI is InChI=1S/C36H48N6OSi/c1-25(2)44(26(3)4,27(5)6)21-18-29-23-34(43)42(31-14-12-11-13-15-31)35-32(29)24-37-36(39-35)38-30-16-17-33(28(7)22-30)41(10)20-19-40(8)9/h11-17,22-27H,19-20H2,1-10H3,(H,37,38,39). The van der Waals surface area contributed by atoms with Crippen molar-refractivity contribution in [1.29, 1.82) is 0 Å². The van der Waals surface area contributed by atoms with Gasteiger partial charge in [0, 0.05) is 49.3 Å². The van der Waals surface area contributed by atoms with E-state index in [0.29, 0.717) is 33.8 Å².